The Hall–Kier alpha value is -1.30. The minimum atomic E-state index is -4.72. The zero-order valence-corrected chi connectivity index (χ0v) is 8.82. The molecule has 0 radical (unpaired) electrons. The van der Waals surface area contributed by atoms with Gasteiger partial charge in [0, 0.05) is 6.07 Å². The van der Waals surface area contributed by atoms with Gasteiger partial charge in [-0.3, -0.25) is 0 Å². The van der Waals surface area contributed by atoms with Crippen molar-refractivity contribution >= 4 is 0 Å². The van der Waals surface area contributed by atoms with Crippen molar-refractivity contribution in [2.45, 2.75) is 32.2 Å². The molecule has 0 aromatic carbocycles. The number of halogens is 3. The zero-order valence-electron chi connectivity index (χ0n) is 8.82. The summed E-state index contributed by atoms with van der Waals surface area (Å²) >= 11 is 0. The summed E-state index contributed by atoms with van der Waals surface area (Å²) in [6.07, 6.45) is -7.49. The van der Waals surface area contributed by atoms with Crippen LogP contribution in [0.4, 0.5) is 13.2 Å². The molecule has 0 aliphatic rings. The fraction of sp³-hybridized carbons (Fsp3) is 0.500. The fourth-order valence-corrected chi connectivity index (χ4v) is 1.06. The van der Waals surface area contributed by atoms with E-state index < -0.39 is 18.0 Å². The van der Waals surface area contributed by atoms with E-state index in [1.54, 1.807) is 13.8 Å². The van der Waals surface area contributed by atoms with Crippen LogP contribution < -0.4 is 4.74 Å². The number of rotatable bonds is 3. The van der Waals surface area contributed by atoms with Crippen molar-refractivity contribution < 1.29 is 23.0 Å². The first kappa shape index (κ1) is 12.8. The largest absolute Gasteiger partial charge is 0.475 e. The highest BCUT2D eigenvalue weighted by Gasteiger charge is 2.40. The monoisotopic (exact) mass is 235 g/mol. The molecule has 0 aliphatic carbocycles. The highest BCUT2D eigenvalue weighted by atomic mass is 19.4. The molecule has 1 aromatic rings. The highest BCUT2D eigenvalue weighted by molar-refractivity contribution is 5.18. The number of hydrogen-bond acceptors (Lipinski definition) is 3. The number of alkyl halides is 3. The van der Waals surface area contributed by atoms with Crippen molar-refractivity contribution in [2.24, 2.45) is 0 Å². The van der Waals surface area contributed by atoms with E-state index in [1.807, 2.05) is 0 Å². The SMILES string of the molecule is CC(C)Oc1cccc([C@@H](O)C(F)(F)F)n1. The van der Waals surface area contributed by atoms with Gasteiger partial charge in [-0.2, -0.15) is 13.2 Å². The van der Waals surface area contributed by atoms with Crippen LogP contribution in [-0.2, 0) is 0 Å². The molecule has 0 spiro atoms. The van der Waals surface area contributed by atoms with Gasteiger partial charge in [0.2, 0.25) is 5.88 Å². The number of pyridine rings is 1. The van der Waals surface area contributed by atoms with Gasteiger partial charge in [-0.1, -0.05) is 6.07 Å². The Kier molecular flexibility index (Phi) is 3.74. The number of ether oxygens (including phenoxy) is 1. The molecular weight excluding hydrogens is 223 g/mol. The summed E-state index contributed by atoms with van der Waals surface area (Å²) in [7, 11) is 0. The molecule has 1 aromatic heterocycles. The molecule has 0 amide bonds. The van der Waals surface area contributed by atoms with Gasteiger partial charge in [0.25, 0.3) is 0 Å². The lowest BCUT2D eigenvalue weighted by Gasteiger charge is -2.15. The Balaban J connectivity index is 2.90. The van der Waals surface area contributed by atoms with Gasteiger partial charge in [-0.15, -0.1) is 0 Å². The lowest BCUT2D eigenvalue weighted by Crippen LogP contribution is -2.21. The molecule has 0 fully saturated rings. The summed E-state index contributed by atoms with van der Waals surface area (Å²) in [6.45, 7) is 3.46. The van der Waals surface area contributed by atoms with Crippen molar-refractivity contribution in [1.29, 1.82) is 0 Å². The fourth-order valence-electron chi connectivity index (χ4n) is 1.06. The standard InChI is InChI=1S/C10H12F3NO2/c1-6(2)16-8-5-3-4-7(14-8)9(15)10(11,12)13/h3-6,9,15H,1-2H3/t9-/m1/s1. The van der Waals surface area contributed by atoms with Crippen LogP contribution in [0.2, 0.25) is 0 Å². The van der Waals surface area contributed by atoms with Crippen LogP contribution >= 0.6 is 0 Å². The van der Waals surface area contributed by atoms with Gasteiger partial charge in [-0.05, 0) is 19.9 Å². The first-order valence-electron chi connectivity index (χ1n) is 4.69. The summed E-state index contributed by atoms with van der Waals surface area (Å²) in [5.41, 5.74) is -0.467. The molecule has 16 heavy (non-hydrogen) atoms. The molecule has 1 atom stereocenters. The van der Waals surface area contributed by atoms with Gasteiger partial charge in [0.1, 0.15) is 0 Å². The summed E-state index contributed by atoms with van der Waals surface area (Å²) in [4.78, 5) is 3.59. The van der Waals surface area contributed by atoms with Gasteiger partial charge in [0.15, 0.2) is 6.10 Å². The number of hydrogen-bond donors (Lipinski definition) is 1. The topological polar surface area (TPSA) is 42.4 Å². The van der Waals surface area contributed by atoms with E-state index in [-0.39, 0.29) is 12.0 Å². The normalized spacial score (nSPS) is 13.9. The van der Waals surface area contributed by atoms with E-state index in [1.165, 1.54) is 12.1 Å². The predicted octanol–water partition coefficient (Wildman–Crippen LogP) is 2.46. The minimum Gasteiger partial charge on any atom is -0.475 e. The Morgan fingerprint density at radius 2 is 1.94 bits per heavy atom. The summed E-state index contributed by atoms with van der Waals surface area (Å²) in [6, 6.07) is 3.90. The lowest BCUT2D eigenvalue weighted by molar-refractivity contribution is -0.208. The highest BCUT2D eigenvalue weighted by Crippen LogP contribution is 2.31. The first-order chi connectivity index (χ1) is 7.30. The molecular formula is C10H12F3NO2. The Morgan fingerprint density at radius 1 is 1.31 bits per heavy atom. The molecule has 1 N–H and O–H groups in total. The molecule has 0 saturated carbocycles. The molecule has 0 bridgehead atoms. The van der Waals surface area contributed by atoms with E-state index in [0.29, 0.717) is 0 Å². The van der Waals surface area contributed by atoms with Crippen LogP contribution in [0.25, 0.3) is 0 Å². The van der Waals surface area contributed by atoms with Crippen molar-refractivity contribution in [3.63, 3.8) is 0 Å². The van der Waals surface area contributed by atoms with Crippen LogP contribution in [-0.4, -0.2) is 22.4 Å². The van der Waals surface area contributed by atoms with Gasteiger partial charge >= 0.3 is 6.18 Å². The minimum absolute atomic E-state index is 0.0656. The number of nitrogens with zero attached hydrogens (tertiary/aromatic N) is 1. The number of aliphatic hydroxyl groups excluding tert-OH is 1. The maximum Gasteiger partial charge on any atom is 0.420 e. The van der Waals surface area contributed by atoms with Crippen LogP contribution in [0.5, 0.6) is 5.88 Å². The Bertz CT molecular complexity index is 352. The maximum absolute atomic E-state index is 12.2. The quantitative estimate of drug-likeness (QED) is 0.875. The van der Waals surface area contributed by atoms with E-state index >= 15 is 0 Å². The molecule has 0 aliphatic heterocycles. The third-order valence-electron chi connectivity index (χ3n) is 1.69. The molecule has 1 heterocycles. The van der Waals surface area contributed by atoms with Crippen molar-refractivity contribution in [3.05, 3.63) is 23.9 Å². The number of aromatic nitrogens is 1. The van der Waals surface area contributed by atoms with Crippen molar-refractivity contribution in [1.82, 2.24) is 4.98 Å². The Morgan fingerprint density at radius 3 is 2.44 bits per heavy atom. The van der Waals surface area contributed by atoms with E-state index in [4.69, 9.17) is 9.84 Å². The van der Waals surface area contributed by atoms with Gasteiger partial charge in [0.05, 0.1) is 11.8 Å². The van der Waals surface area contributed by atoms with E-state index in [2.05, 4.69) is 4.98 Å². The molecule has 90 valence electrons. The molecule has 0 unspecified atom stereocenters. The summed E-state index contributed by atoms with van der Waals surface area (Å²) < 4.78 is 41.7. The molecule has 3 nitrogen and oxygen atoms in total. The van der Waals surface area contributed by atoms with Crippen molar-refractivity contribution in [2.75, 3.05) is 0 Å². The zero-order chi connectivity index (χ0) is 12.3. The third kappa shape index (κ3) is 3.37. The van der Waals surface area contributed by atoms with Crippen LogP contribution in [0.15, 0.2) is 18.2 Å². The van der Waals surface area contributed by atoms with Crippen LogP contribution in [0.1, 0.15) is 25.6 Å². The molecule has 0 saturated heterocycles. The Labute approximate surface area is 90.9 Å². The summed E-state index contributed by atoms with van der Waals surface area (Å²) in [5.74, 6) is 0.0656. The smallest absolute Gasteiger partial charge is 0.420 e. The second-order valence-electron chi connectivity index (χ2n) is 3.51. The summed E-state index contributed by atoms with van der Waals surface area (Å²) in [5, 5.41) is 8.97. The van der Waals surface area contributed by atoms with Crippen molar-refractivity contribution in [3.8, 4) is 5.88 Å². The lowest BCUT2D eigenvalue weighted by atomic mass is 10.2. The van der Waals surface area contributed by atoms with E-state index in [0.717, 1.165) is 6.07 Å². The average Bonchev–Trinajstić information content (AvgIpc) is 2.14. The average molecular weight is 235 g/mol. The molecule has 6 heteroatoms. The van der Waals surface area contributed by atoms with Crippen LogP contribution in [0.3, 0.4) is 0 Å². The van der Waals surface area contributed by atoms with E-state index in [9.17, 15) is 13.2 Å². The van der Waals surface area contributed by atoms with Gasteiger partial charge in [-0.25, -0.2) is 4.98 Å². The molecule has 1 rings (SSSR count). The second-order valence-corrected chi connectivity index (χ2v) is 3.51. The predicted molar refractivity (Wildman–Crippen MR) is 51.0 cm³/mol. The number of aliphatic hydroxyl groups is 1. The third-order valence-corrected chi connectivity index (χ3v) is 1.69. The van der Waals surface area contributed by atoms with Gasteiger partial charge < -0.3 is 9.84 Å². The first-order valence-corrected chi connectivity index (χ1v) is 4.69. The second kappa shape index (κ2) is 4.69. The van der Waals surface area contributed by atoms with Crippen LogP contribution in [0, 0.1) is 0 Å². The maximum atomic E-state index is 12.2.